The van der Waals surface area contributed by atoms with Crippen molar-refractivity contribution in [2.45, 2.75) is 12.6 Å². The molecule has 0 radical (unpaired) electrons. The smallest absolute Gasteiger partial charge is 0.141 e. The maximum atomic E-state index is 12.9. The third-order valence-electron chi connectivity index (χ3n) is 2.65. The lowest BCUT2D eigenvalue weighted by molar-refractivity contribution is -0.0260. The van der Waals surface area contributed by atoms with E-state index in [-0.39, 0.29) is 24.3 Å². The van der Waals surface area contributed by atoms with E-state index < -0.39 is 0 Å². The van der Waals surface area contributed by atoms with Crippen molar-refractivity contribution < 1.29 is 9.13 Å². The summed E-state index contributed by atoms with van der Waals surface area (Å²) in [6.07, 6.45) is 3.00. The quantitative estimate of drug-likeness (QED) is 0.875. The molecule has 1 aliphatic heterocycles. The summed E-state index contributed by atoms with van der Waals surface area (Å²) in [5.74, 6) is -0.291. The number of ether oxygens (including phenoxy) is 1. The molecule has 1 aromatic heterocycles. The fourth-order valence-corrected chi connectivity index (χ4v) is 1.87. The zero-order chi connectivity index (χ0) is 11.4. The van der Waals surface area contributed by atoms with Crippen LogP contribution >= 0.6 is 12.4 Å². The number of rotatable bonds is 3. The fraction of sp³-hybridized carbons (Fsp3) is 0.545. The monoisotopic (exact) mass is 261 g/mol. The topological polar surface area (TPSA) is 51.4 Å². The molecule has 96 valence electrons. The largest absolute Gasteiger partial charge is 0.374 e. The first-order chi connectivity index (χ1) is 7.78. The summed E-state index contributed by atoms with van der Waals surface area (Å²) < 4.78 is 18.4. The second-order valence-electron chi connectivity index (χ2n) is 3.98. The van der Waals surface area contributed by atoms with E-state index in [2.05, 4.69) is 9.88 Å². The average molecular weight is 262 g/mol. The Labute approximate surface area is 106 Å². The molecule has 0 amide bonds. The lowest BCUT2D eigenvalue weighted by Gasteiger charge is -2.32. The van der Waals surface area contributed by atoms with E-state index in [1.807, 2.05) is 0 Å². The zero-order valence-corrected chi connectivity index (χ0v) is 10.3. The van der Waals surface area contributed by atoms with Gasteiger partial charge in [0.1, 0.15) is 5.82 Å². The lowest BCUT2D eigenvalue weighted by atomic mass is 10.2. The first-order valence-corrected chi connectivity index (χ1v) is 5.41. The molecule has 0 saturated carbocycles. The van der Waals surface area contributed by atoms with Gasteiger partial charge in [-0.15, -0.1) is 12.4 Å². The third-order valence-corrected chi connectivity index (χ3v) is 2.65. The van der Waals surface area contributed by atoms with Crippen molar-refractivity contribution >= 4 is 12.4 Å². The number of morpholine rings is 1. The Morgan fingerprint density at radius 2 is 2.35 bits per heavy atom. The number of aromatic nitrogens is 1. The summed E-state index contributed by atoms with van der Waals surface area (Å²) in [5.41, 5.74) is 6.45. The highest BCUT2D eigenvalue weighted by Crippen LogP contribution is 2.10. The van der Waals surface area contributed by atoms with Crippen molar-refractivity contribution in [3.05, 3.63) is 29.8 Å². The number of pyridine rings is 1. The molecule has 2 heterocycles. The van der Waals surface area contributed by atoms with Crippen LogP contribution in [0, 0.1) is 5.82 Å². The highest BCUT2D eigenvalue weighted by molar-refractivity contribution is 5.85. The zero-order valence-electron chi connectivity index (χ0n) is 9.51. The van der Waals surface area contributed by atoms with Gasteiger partial charge in [0.15, 0.2) is 0 Å². The summed E-state index contributed by atoms with van der Waals surface area (Å²) in [6.45, 7) is 3.56. The van der Waals surface area contributed by atoms with Crippen molar-refractivity contribution in [2.24, 2.45) is 5.73 Å². The van der Waals surface area contributed by atoms with E-state index in [0.29, 0.717) is 19.7 Å². The molecule has 17 heavy (non-hydrogen) atoms. The van der Waals surface area contributed by atoms with Gasteiger partial charge < -0.3 is 10.5 Å². The predicted molar refractivity (Wildman–Crippen MR) is 65.5 cm³/mol. The van der Waals surface area contributed by atoms with E-state index in [0.717, 1.165) is 18.7 Å². The molecule has 1 aliphatic rings. The first kappa shape index (κ1) is 14.3. The number of nitrogens with two attached hydrogens (primary N) is 1. The van der Waals surface area contributed by atoms with Crippen LogP contribution in [0.25, 0.3) is 0 Å². The van der Waals surface area contributed by atoms with E-state index in [1.54, 1.807) is 6.20 Å². The van der Waals surface area contributed by atoms with Gasteiger partial charge in [0.2, 0.25) is 0 Å². The van der Waals surface area contributed by atoms with Crippen LogP contribution in [0.1, 0.15) is 5.56 Å². The minimum Gasteiger partial charge on any atom is -0.374 e. The predicted octanol–water partition coefficient (Wildman–Crippen LogP) is 0.802. The lowest BCUT2D eigenvalue weighted by Crippen LogP contribution is -2.45. The highest BCUT2D eigenvalue weighted by Gasteiger charge is 2.19. The van der Waals surface area contributed by atoms with Gasteiger partial charge in [0.25, 0.3) is 0 Å². The van der Waals surface area contributed by atoms with Gasteiger partial charge in [0, 0.05) is 32.4 Å². The summed E-state index contributed by atoms with van der Waals surface area (Å²) in [7, 11) is 0. The van der Waals surface area contributed by atoms with Crippen LogP contribution in [0.4, 0.5) is 4.39 Å². The number of hydrogen-bond donors (Lipinski definition) is 1. The van der Waals surface area contributed by atoms with E-state index in [4.69, 9.17) is 10.5 Å². The summed E-state index contributed by atoms with van der Waals surface area (Å²) in [6, 6.07) is 1.51. The van der Waals surface area contributed by atoms with Crippen molar-refractivity contribution in [3.8, 4) is 0 Å². The molecule has 1 aromatic rings. The Kier molecular flexibility index (Phi) is 5.77. The molecule has 4 nitrogen and oxygen atoms in total. The summed E-state index contributed by atoms with van der Waals surface area (Å²) in [4.78, 5) is 6.04. The normalized spacial score (nSPS) is 20.9. The van der Waals surface area contributed by atoms with Crippen LogP contribution in [0.2, 0.25) is 0 Å². The molecule has 6 heteroatoms. The van der Waals surface area contributed by atoms with Crippen LogP contribution in [-0.4, -0.2) is 42.2 Å². The molecule has 2 N–H and O–H groups in total. The molecule has 1 atom stereocenters. The maximum absolute atomic E-state index is 12.9. The second kappa shape index (κ2) is 6.86. The summed E-state index contributed by atoms with van der Waals surface area (Å²) in [5, 5.41) is 0. The molecule has 0 aromatic carbocycles. The molecule has 0 aliphatic carbocycles. The van der Waals surface area contributed by atoms with Crippen LogP contribution in [-0.2, 0) is 11.3 Å². The molecule has 1 unspecified atom stereocenters. The molecule has 2 rings (SSSR count). The maximum Gasteiger partial charge on any atom is 0.141 e. The molecular weight excluding hydrogens is 245 g/mol. The van der Waals surface area contributed by atoms with Crippen LogP contribution in [0.15, 0.2) is 18.5 Å². The van der Waals surface area contributed by atoms with Gasteiger partial charge in [-0.1, -0.05) is 0 Å². The summed E-state index contributed by atoms with van der Waals surface area (Å²) >= 11 is 0. The molecule has 0 spiro atoms. The molecule has 0 bridgehead atoms. The Bertz CT molecular complexity index is 353. The second-order valence-corrected chi connectivity index (χ2v) is 3.98. The SMILES string of the molecule is Cl.NCC1CN(Cc2cncc(F)c2)CCO1. The Hall–Kier alpha value is -0.750. The van der Waals surface area contributed by atoms with Gasteiger partial charge in [-0.3, -0.25) is 9.88 Å². The Balaban J connectivity index is 0.00000144. The Morgan fingerprint density at radius 3 is 3.06 bits per heavy atom. The van der Waals surface area contributed by atoms with Crippen LogP contribution < -0.4 is 5.73 Å². The van der Waals surface area contributed by atoms with Crippen molar-refractivity contribution in [2.75, 3.05) is 26.2 Å². The molecule has 1 fully saturated rings. The third kappa shape index (κ3) is 4.20. The minimum atomic E-state index is -0.291. The van der Waals surface area contributed by atoms with Crippen molar-refractivity contribution in [1.82, 2.24) is 9.88 Å². The van der Waals surface area contributed by atoms with Gasteiger partial charge in [-0.25, -0.2) is 4.39 Å². The minimum absolute atomic E-state index is 0. The van der Waals surface area contributed by atoms with Gasteiger partial charge in [-0.05, 0) is 11.6 Å². The van der Waals surface area contributed by atoms with Crippen molar-refractivity contribution in [3.63, 3.8) is 0 Å². The van der Waals surface area contributed by atoms with Gasteiger partial charge in [-0.2, -0.15) is 0 Å². The fourth-order valence-electron chi connectivity index (χ4n) is 1.87. The van der Waals surface area contributed by atoms with Gasteiger partial charge >= 0.3 is 0 Å². The molecular formula is C11H17ClFN3O. The Morgan fingerprint density at radius 1 is 1.53 bits per heavy atom. The highest BCUT2D eigenvalue weighted by atomic mass is 35.5. The number of nitrogens with zero attached hydrogens (tertiary/aromatic N) is 2. The molecule has 1 saturated heterocycles. The van der Waals surface area contributed by atoms with Crippen molar-refractivity contribution in [1.29, 1.82) is 0 Å². The van der Waals surface area contributed by atoms with E-state index >= 15 is 0 Å². The van der Waals surface area contributed by atoms with E-state index in [1.165, 1.54) is 12.3 Å². The number of halogens is 2. The first-order valence-electron chi connectivity index (χ1n) is 5.41. The standard InChI is InChI=1S/C11H16FN3O.ClH/c12-10-3-9(5-14-6-10)7-15-1-2-16-11(4-13)8-15;/h3,5-6,11H,1-2,4,7-8,13H2;1H. The van der Waals surface area contributed by atoms with Crippen LogP contribution in [0.3, 0.4) is 0 Å². The van der Waals surface area contributed by atoms with Crippen LogP contribution in [0.5, 0.6) is 0 Å². The van der Waals surface area contributed by atoms with E-state index in [9.17, 15) is 4.39 Å². The van der Waals surface area contributed by atoms with Gasteiger partial charge in [0.05, 0.1) is 18.9 Å². The average Bonchev–Trinajstić information content (AvgIpc) is 2.29. The number of hydrogen-bond acceptors (Lipinski definition) is 4.